The minimum Gasteiger partial charge on any atom is -0.356 e. The predicted octanol–water partition coefficient (Wildman–Crippen LogP) is 1.94. The van der Waals surface area contributed by atoms with Crippen molar-refractivity contribution in [1.29, 1.82) is 0 Å². The fourth-order valence-electron chi connectivity index (χ4n) is 2.24. The Labute approximate surface area is 110 Å². The number of carbonyl (C=O) groups is 2. The summed E-state index contributed by atoms with van der Waals surface area (Å²) in [5.41, 5.74) is 0. The topological polar surface area (TPSA) is 49.4 Å². The molecule has 2 amide bonds. The molecule has 4 heteroatoms. The molecule has 0 aromatic carbocycles. The molecule has 1 N–H and O–H groups in total. The Balaban J connectivity index is 2.26. The van der Waals surface area contributed by atoms with E-state index in [4.69, 9.17) is 0 Å². The van der Waals surface area contributed by atoms with Gasteiger partial charge in [0.1, 0.15) is 0 Å². The van der Waals surface area contributed by atoms with Gasteiger partial charge in [-0.3, -0.25) is 9.59 Å². The lowest BCUT2D eigenvalue weighted by molar-refractivity contribution is -0.129. The Morgan fingerprint density at radius 1 is 1.28 bits per heavy atom. The molecule has 1 atom stereocenters. The molecule has 0 aliphatic carbocycles. The summed E-state index contributed by atoms with van der Waals surface area (Å²) in [6, 6.07) is 0. The summed E-state index contributed by atoms with van der Waals surface area (Å²) >= 11 is 0. The van der Waals surface area contributed by atoms with Gasteiger partial charge in [-0.2, -0.15) is 0 Å². The number of hydrogen-bond donors (Lipinski definition) is 1. The molecular weight excluding hydrogens is 228 g/mol. The van der Waals surface area contributed by atoms with E-state index in [1.165, 1.54) is 0 Å². The summed E-state index contributed by atoms with van der Waals surface area (Å²) in [7, 11) is 0. The van der Waals surface area contributed by atoms with Crippen LogP contribution in [0.25, 0.3) is 0 Å². The highest BCUT2D eigenvalue weighted by atomic mass is 16.2. The highest BCUT2D eigenvalue weighted by Crippen LogP contribution is 2.18. The van der Waals surface area contributed by atoms with Crippen LogP contribution in [0.5, 0.6) is 0 Å². The van der Waals surface area contributed by atoms with E-state index in [0.717, 1.165) is 45.2 Å². The van der Waals surface area contributed by atoms with Gasteiger partial charge in [0, 0.05) is 26.1 Å². The van der Waals surface area contributed by atoms with Gasteiger partial charge in [0.15, 0.2) is 0 Å². The molecular formula is C14H26N2O2. The number of unbranched alkanes of at least 4 members (excludes halogenated alkanes) is 3. The summed E-state index contributed by atoms with van der Waals surface area (Å²) < 4.78 is 0. The number of amides is 2. The molecule has 0 aromatic heterocycles. The monoisotopic (exact) mass is 254 g/mol. The Hall–Kier alpha value is -1.06. The first-order valence-corrected chi connectivity index (χ1v) is 7.24. The molecule has 1 fully saturated rings. The van der Waals surface area contributed by atoms with Crippen LogP contribution in [0.4, 0.5) is 0 Å². The second kappa shape index (κ2) is 8.11. The van der Waals surface area contributed by atoms with E-state index in [2.05, 4.69) is 19.2 Å². The van der Waals surface area contributed by atoms with Gasteiger partial charge < -0.3 is 10.2 Å². The Morgan fingerprint density at radius 2 is 2.00 bits per heavy atom. The average Bonchev–Trinajstić information content (AvgIpc) is 2.73. The SMILES string of the molecule is CCCCCNC(=O)C1CC(=O)N(CCCC)C1. The van der Waals surface area contributed by atoms with Crippen LogP contribution in [0, 0.1) is 5.92 Å². The molecule has 1 aliphatic heterocycles. The van der Waals surface area contributed by atoms with Crippen LogP contribution < -0.4 is 5.32 Å². The average molecular weight is 254 g/mol. The third-order valence-corrected chi connectivity index (χ3v) is 3.45. The first kappa shape index (κ1) is 15.0. The van der Waals surface area contributed by atoms with Crippen molar-refractivity contribution < 1.29 is 9.59 Å². The number of nitrogens with one attached hydrogen (secondary N) is 1. The second-order valence-corrected chi connectivity index (χ2v) is 5.09. The van der Waals surface area contributed by atoms with Crippen molar-refractivity contribution >= 4 is 11.8 Å². The van der Waals surface area contributed by atoms with Gasteiger partial charge in [-0.15, -0.1) is 0 Å². The number of nitrogens with zero attached hydrogens (tertiary/aromatic N) is 1. The van der Waals surface area contributed by atoms with Crippen LogP contribution in [0.15, 0.2) is 0 Å². The van der Waals surface area contributed by atoms with Gasteiger partial charge in [-0.1, -0.05) is 33.1 Å². The Kier molecular flexibility index (Phi) is 6.76. The number of likely N-dealkylation sites (tertiary alicyclic amines) is 1. The summed E-state index contributed by atoms with van der Waals surface area (Å²) in [6.07, 6.45) is 5.83. The fraction of sp³-hybridized carbons (Fsp3) is 0.857. The van der Waals surface area contributed by atoms with E-state index in [0.29, 0.717) is 13.0 Å². The van der Waals surface area contributed by atoms with E-state index in [9.17, 15) is 9.59 Å². The Bertz CT molecular complexity index is 279. The van der Waals surface area contributed by atoms with Crippen molar-refractivity contribution in [3.63, 3.8) is 0 Å². The zero-order valence-electron chi connectivity index (χ0n) is 11.7. The molecule has 1 rings (SSSR count). The van der Waals surface area contributed by atoms with Crippen LogP contribution in [0.3, 0.4) is 0 Å². The van der Waals surface area contributed by atoms with E-state index in [1.807, 2.05) is 4.90 Å². The van der Waals surface area contributed by atoms with Gasteiger partial charge in [-0.05, 0) is 12.8 Å². The maximum atomic E-state index is 11.9. The quantitative estimate of drug-likeness (QED) is 0.673. The predicted molar refractivity (Wildman–Crippen MR) is 72.1 cm³/mol. The number of rotatable bonds is 8. The lowest BCUT2D eigenvalue weighted by Gasteiger charge is -2.15. The first-order chi connectivity index (χ1) is 8.69. The zero-order valence-corrected chi connectivity index (χ0v) is 11.7. The molecule has 18 heavy (non-hydrogen) atoms. The minimum absolute atomic E-state index is 0.0541. The molecule has 0 aromatic rings. The number of carbonyl (C=O) groups excluding carboxylic acids is 2. The summed E-state index contributed by atoms with van der Waals surface area (Å²) in [5, 5.41) is 2.94. The van der Waals surface area contributed by atoms with Gasteiger partial charge in [0.2, 0.25) is 11.8 Å². The fourth-order valence-corrected chi connectivity index (χ4v) is 2.24. The molecule has 0 radical (unpaired) electrons. The van der Waals surface area contributed by atoms with Crippen LogP contribution in [-0.2, 0) is 9.59 Å². The summed E-state index contributed by atoms with van der Waals surface area (Å²) in [5.74, 6) is 0.0617. The highest BCUT2D eigenvalue weighted by Gasteiger charge is 2.33. The normalized spacial score (nSPS) is 19.3. The third-order valence-electron chi connectivity index (χ3n) is 3.45. The van der Waals surface area contributed by atoms with Crippen molar-refractivity contribution in [2.45, 2.75) is 52.4 Å². The van der Waals surface area contributed by atoms with Crippen molar-refractivity contribution in [1.82, 2.24) is 10.2 Å². The maximum Gasteiger partial charge on any atom is 0.225 e. The lowest BCUT2D eigenvalue weighted by Crippen LogP contribution is -2.33. The zero-order chi connectivity index (χ0) is 13.4. The maximum absolute atomic E-state index is 11.9. The smallest absolute Gasteiger partial charge is 0.225 e. The van der Waals surface area contributed by atoms with Crippen LogP contribution >= 0.6 is 0 Å². The van der Waals surface area contributed by atoms with Crippen molar-refractivity contribution in [2.24, 2.45) is 5.92 Å². The van der Waals surface area contributed by atoms with E-state index in [1.54, 1.807) is 0 Å². The van der Waals surface area contributed by atoms with Crippen molar-refractivity contribution in [3.8, 4) is 0 Å². The molecule has 1 saturated heterocycles. The van der Waals surface area contributed by atoms with Crippen LogP contribution in [-0.4, -0.2) is 36.3 Å². The van der Waals surface area contributed by atoms with E-state index >= 15 is 0 Å². The standard InChI is InChI=1S/C14H26N2O2/c1-3-5-7-8-15-14(18)12-10-13(17)16(11-12)9-6-4-2/h12H,3-11H2,1-2H3,(H,15,18). The molecule has 104 valence electrons. The Morgan fingerprint density at radius 3 is 2.67 bits per heavy atom. The third kappa shape index (κ3) is 4.67. The van der Waals surface area contributed by atoms with Crippen LogP contribution in [0.2, 0.25) is 0 Å². The molecule has 4 nitrogen and oxygen atoms in total. The summed E-state index contributed by atoms with van der Waals surface area (Å²) in [4.78, 5) is 25.4. The molecule has 1 unspecified atom stereocenters. The molecule has 1 aliphatic rings. The van der Waals surface area contributed by atoms with Gasteiger partial charge >= 0.3 is 0 Å². The summed E-state index contributed by atoms with van der Waals surface area (Å²) in [6.45, 7) is 6.40. The highest BCUT2D eigenvalue weighted by molar-refractivity contribution is 5.89. The molecule has 1 heterocycles. The molecule has 0 bridgehead atoms. The molecule has 0 saturated carbocycles. The van der Waals surface area contributed by atoms with Gasteiger partial charge in [0.25, 0.3) is 0 Å². The van der Waals surface area contributed by atoms with E-state index in [-0.39, 0.29) is 17.7 Å². The van der Waals surface area contributed by atoms with Crippen LogP contribution in [0.1, 0.15) is 52.4 Å². The van der Waals surface area contributed by atoms with E-state index < -0.39 is 0 Å². The van der Waals surface area contributed by atoms with Gasteiger partial charge in [0.05, 0.1) is 5.92 Å². The van der Waals surface area contributed by atoms with Gasteiger partial charge in [-0.25, -0.2) is 0 Å². The molecule has 0 spiro atoms. The number of hydrogen-bond acceptors (Lipinski definition) is 2. The first-order valence-electron chi connectivity index (χ1n) is 7.24. The van der Waals surface area contributed by atoms with Crippen molar-refractivity contribution in [3.05, 3.63) is 0 Å². The van der Waals surface area contributed by atoms with Crippen molar-refractivity contribution in [2.75, 3.05) is 19.6 Å². The largest absolute Gasteiger partial charge is 0.356 e. The second-order valence-electron chi connectivity index (χ2n) is 5.09. The minimum atomic E-state index is -0.129. The lowest BCUT2D eigenvalue weighted by atomic mass is 10.1.